The van der Waals surface area contributed by atoms with E-state index in [-0.39, 0.29) is 5.91 Å². The van der Waals surface area contributed by atoms with E-state index in [9.17, 15) is 4.79 Å². The second kappa shape index (κ2) is 11.3. The number of unbranched alkanes of at least 4 members (excludes halogenated alkanes) is 2. The summed E-state index contributed by atoms with van der Waals surface area (Å²) in [5.74, 6) is 1.56. The molecule has 0 saturated carbocycles. The number of carbonyl (C=O) groups excluding carboxylic acids is 1. The number of allylic oxidation sites excluding steroid dienone is 2. The molecule has 0 bridgehead atoms. The zero-order valence-corrected chi connectivity index (χ0v) is 14.9. The van der Waals surface area contributed by atoms with Crippen molar-refractivity contribution in [2.75, 3.05) is 20.8 Å². The van der Waals surface area contributed by atoms with E-state index in [4.69, 9.17) is 9.47 Å². The number of nitrogens with one attached hydrogen (secondary N) is 1. The third kappa shape index (κ3) is 6.49. The summed E-state index contributed by atoms with van der Waals surface area (Å²) in [7, 11) is 3.26. The molecule has 0 saturated heterocycles. The van der Waals surface area contributed by atoms with Crippen LogP contribution in [0.25, 0.3) is 0 Å². The molecule has 0 radical (unpaired) electrons. The van der Waals surface area contributed by atoms with Gasteiger partial charge in [0, 0.05) is 18.5 Å². The van der Waals surface area contributed by atoms with E-state index < -0.39 is 0 Å². The van der Waals surface area contributed by atoms with Gasteiger partial charge in [-0.15, -0.1) is 13.2 Å². The molecular weight excluding hydrogens is 302 g/mol. The van der Waals surface area contributed by atoms with Gasteiger partial charge in [0.05, 0.1) is 14.2 Å². The van der Waals surface area contributed by atoms with Crippen molar-refractivity contribution in [1.29, 1.82) is 0 Å². The lowest BCUT2D eigenvalue weighted by Gasteiger charge is -2.14. The molecule has 1 rings (SSSR count). The van der Waals surface area contributed by atoms with Crippen LogP contribution in [0, 0.1) is 0 Å². The fourth-order valence-electron chi connectivity index (χ4n) is 2.57. The summed E-state index contributed by atoms with van der Waals surface area (Å²) >= 11 is 0. The highest BCUT2D eigenvalue weighted by Gasteiger charge is 2.11. The monoisotopic (exact) mass is 331 g/mol. The first kappa shape index (κ1) is 19.8. The van der Waals surface area contributed by atoms with Crippen LogP contribution in [0.2, 0.25) is 0 Å². The van der Waals surface area contributed by atoms with Crippen LogP contribution in [0.4, 0.5) is 0 Å². The van der Waals surface area contributed by atoms with Gasteiger partial charge in [-0.05, 0) is 43.7 Å². The lowest BCUT2D eigenvalue weighted by atomic mass is 10.0. The van der Waals surface area contributed by atoms with Crippen LogP contribution in [-0.2, 0) is 17.6 Å². The maximum atomic E-state index is 11.8. The average molecular weight is 331 g/mol. The zero-order valence-electron chi connectivity index (χ0n) is 14.9. The van der Waals surface area contributed by atoms with Crippen molar-refractivity contribution in [1.82, 2.24) is 5.32 Å². The molecule has 0 aromatic heterocycles. The molecule has 0 unspecified atom stereocenters. The largest absolute Gasteiger partial charge is 0.493 e. The summed E-state index contributed by atoms with van der Waals surface area (Å²) in [5.41, 5.74) is 2.15. The van der Waals surface area contributed by atoms with Gasteiger partial charge in [0.25, 0.3) is 0 Å². The maximum absolute atomic E-state index is 11.8. The van der Waals surface area contributed by atoms with Gasteiger partial charge >= 0.3 is 0 Å². The van der Waals surface area contributed by atoms with Crippen molar-refractivity contribution in [2.24, 2.45) is 0 Å². The smallest absolute Gasteiger partial charge is 0.220 e. The molecule has 0 fully saturated rings. The molecule has 0 heterocycles. The van der Waals surface area contributed by atoms with E-state index >= 15 is 0 Å². The normalized spacial score (nSPS) is 10.1. The number of hydrogen-bond acceptors (Lipinski definition) is 3. The predicted octanol–water partition coefficient (Wildman–Crippen LogP) is 3.84. The van der Waals surface area contributed by atoms with E-state index in [0.29, 0.717) is 25.1 Å². The summed E-state index contributed by atoms with van der Waals surface area (Å²) in [6.45, 7) is 8.08. The minimum Gasteiger partial charge on any atom is -0.493 e. The zero-order chi connectivity index (χ0) is 17.8. The minimum absolute atomic E-state index is 0.103. The fraction of sp³-hybridized carbons (Fsp3) is 0.450. The SMILES string of the molecule is C=CCCCCC(=O)NCCc1cc(CC=C)c(OC)c(OC)c1. The third-order valence-corrected chi connectivity index (χ3v) is 3.78. The second-order valence-electron chi connectivity index (χ2n) is 5.62. The summed E-state index contributed by atoms with van der Waals surface area (Å²) in [5, 5.41) is 2.97. The highest BCUT2D eigenvalue weighted by atomic mass is 16.5. The Morgan fingerprint density at radius 1 is 1.17 bits per heavy atom. The first-order valence-corrected chi connectivity index (χ1v) is 8.38. The molecule has 4 heteroatoms. The first-order chi connectivity index (χ1) is 11.7. The number of amides is 1. The standard InChI is InChI=1S/C20H29NO3/c1-5-7-8-9-11-19(22)21-13-12-16-14-17(10-6-2)20(24-4)18(15-16)23-3/h5-6,14-15H,1-2,7-13H2,3-4H3,(H,21,22). The topological polar surface area (TPSA) is 47.6 Å². The van der Waals surface area contributed by atoms with Gasteiger partial charge in [0.1, 0.15) is 0 Å². The van der Waals surface area contributed by atoms with Crippen LogP contribution in [0.15, 0.2) is 37.4 Å². The van der Waals surface area contributed by atoms with Crippen molar-refractivity contribution < 1.29 is 14.3 Å². The van der Waals surface area contributed by atoms with Crippen LogP contribution < -0.4 is 14.8 Å². The average Bonchev–Trinajstić information content (AvgIpc) is 2.58. The van der Waals surface area contributed by atoms with Crippen molar-refractivity contribution >= 4 is 5.91 Å². The molecule has 0 aliphatic heterocycles. The van der Waals surface area contributed by atoms with E-state index in [1.807, 2.05) is 18.2 Å². The Morgan fingerprint density at radius 2 is 1.96 bits per heavy atom. The number of benzene rings is 1. The number of carbonyl (C=O) groups is 1. The summed E-state index contributed by atoms with van der Waals surface area (Å²) in [6.07, 6.45) is 8.63. The lowest BCUT2D eigenvalue weighted by Crippen LogP contribution is -2.25. The molecule has 24 heavy (non-hydrogen) atoms. The molecule has 1 N–H and O–H groups in total. The van der Waals surface area contributed by atoms with Gasteiger partial charge in [-0.1, -0.05) is 18.2 Å². The van der Waals surface area contributed by atoms with Crippen molar-refractivity contribution in [3.8, 4) is 11.5 Å². The number of ether oxygens (including phenoxy) is 2. The Morgan fingerprint density at radius 3 is 2.58 bits per heavy atom. The Bertz CT molecular complexity index is 552. The minimum atomic E-state index is 0.103. The number of hydrogen-bond donors (Lipinski definition) is 1. The molecule has 0 aliphatic rings. The van der Waals surface area contributed by atoms with Gasteiger partial charge in [-0.3, -0.25) is 4.79 Å². The van der Waals surface area contributed by atoms with Gasteiger partial charge in [0.15, 0.2) is 11.5 Å². The molecule has 1 amide bonds. The van der Waals surface area contributed by atoms with Crippen LogP contribution in [0.3, 0.4) is 0 Å². The third-order valence-electron chi connectivity index (χ3n) is 3.78. The molecule has 0 aliphatic carbocycles. The number of methoxy groups -OCH3 is 2. The van der Waals surface area contributed by atoms with E-state index in [1.165, 1.54) is 0 Å². The first-order valence-electron chi connectivity index (χ1n) is 8.38. The summed E-state index contributed by atoms with van der Waals surface area (Å²) in [4.78, 5) is 11.8. The Kier molecular flexibility index (Phi) is 9.35. The van der Waals surface area contributed by atoms with Gasteiger partial charge < -0.3 is 14.8 Å². The van der Waals surface area contributed by atoms with Crippen LogP contribution in [0.1, 0.15) is 36.8 Å². The van der Waals surface area contributed by atoms with E-state index in [1.54, 1.807) is 14.2 Å². The predicted molar refractivity (Wildman–Crippen MR) is 98.8 cm³/mol. The summed E-state index contributed by atoms with van der Waals surface area (Å²) < 4.78 is 10.8. The highest BCUT2D eigenvalue weighted by Crippen LogP contribution is 2.33. The Hall–Kier alpha value is -2.23. The molecule has 0 spiro atoms. The van der Waals surface area contributed by atoms with Gasteiger partial charge in [-0.25, -0.2) is 0 Å². The number of rotatable bonds is 12. The summed E-state index contributed by atoms with van der Waals surface area (Å²) in [6, 6.07) is 4.04. The van der Waals surface area contributed by atoms with Crippen LogP contribution in [-0.4, -0.2) is 26.7 Å². The van der Waals surface area contributed by atoms with Crippen LogP contribution >= 0.6 is 0 Å². The van der Waals surface area contributed by atoms with Crippen molar-refractivity contribution in [3.63, 3.8) is 0 Å². The second-order valence-corrected chi connectivity index (χ2v) is 5.62. The molecule has 1 aromatic carbocycles. The molecule has 0 atom stereocenters. The van der Waals surface area contributed by atoms with Crippen LogP contribution in [0.5, 0.6) is 11.5 Å². The Labute approximate surface area is 145 Å². The lowest BCUT2D eigenvalue weighted by molar-refractivity contribution is -0.121. The van der Waals surface area contributed by atoms with Gasteiger partial charge in [0.2, 0.25) is 5.91 Å². The van der Waals surface area contributed by atoms with E-state index in [0.717, 1.165) is 42.6 Å². The molecule has 4 nitrogen and oxygen atoms in total. The molecule has 1 aromatic rings. The van der Waals surface area contributed by atoms with E-state index in [2.05, 4.69) is 24.5 Å². The molecular formula is C20H29NO3. The maximum Gasteiger partial charge on any atom is 0.220 e. The fourth-order valence-corrected chi connectivity index (χ4v) is 2.57. The molecule has 132 valence electrons. The van der Waals surface area contributed by atoms with Gasteiger partial charge in [-0.2, -0.15) is 0 Å². The quantitative estimate of drug-likeness (QED) is 0.468. The highest BCUT2D eigenvalue weighted by molar-refractivity contribution is 5.75. The van der Waals surface area contributed by atoms with Crippen molar-refractivity contribution in [2.45, 2.75) is 38.5 Å². The Balaban J connectivity index is 2.58. The van der Waals surface area contributed by atoms with Crippen molar-refractivity contribution in [3.05, 3.63) is 48.6 Å².